The first-order chi connectivity index (χ1) is 8.63. The van der Waals surface area contributed by atoms with E-state index >= 15 is 0 Å². The van der Waals surface area contributed by atoms with E-state index in [0.29, 0.717) is 12.6 Å². The van der Waals surface area contributed by atoms with Crippen LogP contribution >= 0.6 is 0 Å². The minimum atomic E-state index is 0.510. The molecule has 1 saturated carbocycles. The van der Waals surface area contributed by atoms with Crippen molar-refractivity contribution in [2.24, 2.45) is 11.7 Å². The zero-order valence-electron chi connectivity index (χ0n) is 11.7. The van der Waals surface area contributed by atoms with Crippen LogP contribution < -0.4 is 10.6 Å². The normalized spacial score (nSPS) is 24.0. The van der Waals surface area contributed by atoms with Crippen molar-refractivity contribution in [1.29, 1.82) is 0 Å². The Bertz CT molecular complexity index is 405. The smallest absolute Gasteiger partial charge is 0.225 e. The van der Waals surface area contributed by atoms with Gasteiger partial charge < -0.3 is 10.6 Å². The van der Waals surface area contributed by atoms with Crippen LogP contribution in [-0.4, -0.2) is 23.1 Å². The van der Waals surface area contributed by atoms with Gasteiger partial charge in [0.25, 0.3) is 0 Å². The van der Waals surface area contributed by atoms with Gasteiger partial charge in [0.2, 0.25) is 5.95 Å². The molecule has 0 aliphatic heterocycles. The average Bonchev–Trinajstić information content (AvgIpc) is 2.38. The predicted molar refractivity (Wildman–Crippen MR) is 74.5 cm³/mol. The van der Waals surface area contributed by atoms with E-state index in [1.54, 1.807) is 0 Å². The Hall–Kier alpha value is -1.16. The Morgan fingerprint density at radius 3 is 2.72 bits per heavy atom. The molecule has 0 saturated heterocycles. The summed E-state index contributed by atoms with van der Waals surface area (Å²) in [4.78, 5) is 11.3. The molecule has 18 heavy (non-hydrogen) atoms. The molecule has 100 valence electrons. The first-order valence-corrected chi connectivity index (χ1v) is 6.89. The highest BCUT2D eigenvalue weighted by Crippen LogP contribution is 2.29. The lowest BCUT2D eigenvalue weighted by molar-refractivity contribution is 0.319. The number of anilines is 1. The van der Waals surface area contributed by atoms with E-state index in [1.807, 2.05) is 13.1 Å². The van der Waals surface area contributed by atoms with Gasteiger partial charge in [0.1, 0.15) is 0 Å². The fraction of sp³-hybridized carbons (Fsp3) is 0.714. The van der Waals surface area contributed by atoms with Gasteiger partial charge in [0, 0.05) is 37.1 Å². The van der Waals surface area contributed by atoms with Gasteiger partial charge in [-0.3, -0.25) is 0 Å². The number of hydrogen-bond acceptors (Lipinski definition) is 4. The number of hydrogen-bond donors (Lipinski definition) is 1. The van der Waals surface area contributed by atoms with Gasteiger partial charge >= 0.3 is 0 Å². The molecule has 2 unspecified atom stereocenters. The average molecular weight is 248 g/mol. The second kappa shape index (κ2) is 5.65. The topological polar surface area (TPSA) is 55.0 Å². The van der Waals surface area contributed by atoms with Crippen molar-refractivity contribution < 1.29 is 0 Å². The van der Waals surface area contributed by atoms with E-state index < -0.39 is 0 Å². The van der Waals surface area contributed by atoms with Crippen LogP contribution in [0.5, 0.6) is 0 Å². The number of nitrogens with zero attached hydrogens (tertiary/aromatic N) is 3. The Morgan fingerprint density at radius 2 is 2.11 bits per heavy atom. The van der Waals surface area contributed by atoms with Crippen molar-refractivity contribution in [1.82, 2.24) is 9.97 Å². The standard InChI is InChI=1S/C14H24N4/c1-10-6-4-5-7-13(10)18(3)14-16-9-12(8-15)11(2)17-14/h9-10,13H,4-8,15H2,1-3H3. The number of rotatable bonds is 3. The van der Waals surface area contributed by atoms with Crippen LogP contribution in [0, 0.1) is 12.8 Å². The second-order valence-electron chi connectivity index (χ2n) is 5.42. The fourth-order valence-electron chi connectivity index (χ4n) is 2.87. The highest BCUT2D eigenvalue weighted by molar-refractivity contribution is 5.33. The SMILES string of the molecule is Cc1nc(N(C)C2CCCCC2C)ncc1CN. The molecule has 4 heteroatoms. The monoisotopic (exact) mass is 248 g/mol. The quantitative estimate of drug-likeness (QED) is 0.891. The van der Waals surface area contributed by atoms with Crippen LogP contribution in [0.1, 0.15) is 43.9 Å². The fourth-order valence-corrected chi connectivity index (χ4v) is 2.87. The zero-order valence-corrected chi connectivity index (χ0v) is 11.7. The first-order valence-electron chi connectivity index (χ1n) is 6.89. The number of aryl methyl sites for hydroxylation is 1. The maximum Gasteiger partial charge on any atom is 0.225 e. The van der Waals surface area contributed by atoms with Crippen LogP contribution in [-0.2, 0) is 6.54 Å². The van der Waals surface area contributed by atoms with Crippen LogP contribution in [0.2, 0.25) is 0 Å². The molecule has 1 aromatic rings. The Kier molecular flexibility index (Phi) is 4.17. The molecule has 2 atom stereocenters. The molecule has 1 aliphatic carbocycles. The van der Waals surface area contributed by atoms with E-state index in [2.05, 4.69) is 28.8 Å². The molecule has 2 rings (SSSR count). The lowest BCUT2D eigenvalue weighted by Gasteiger charge is -2.36. The van der Waals surface area contributed by atoms with Crippen LogP contribution in [0.3, 0.4) is 0 Å². The number of nitrogens with two attached hydrogens (primary N) is 1. The molecule has 0 spiro atoms. The molecule has 1 heterocycles. The summed E-state index contributed by atoms with van der Waals surface area (Å²) in [6, 6.07) is 0.571. The summed E-state index contributed by atoms with van der Waals surface area (Å²) in [5, 5.41) is 0. The summed E-state index contributed by atoms with van der Waals surface area (Å²) in [6.45, 7) is 4.85. The molecule has 0 bridgehead atoms. The molecular formula is C14H24N4. The highest BCUT2D eigenvalue weighted by atomic mass is 15.3. The van der Waals surface area contributed by atoms with E-state index in [0.717, 1.165) is 23.1 Å². The molecule has 2 N–H and O–H groups in total. The highest BCUT2D eigenvalue weighted by Gasteiger charge is 2.26. The van der Waals surface area contributed by atoms with Gasteiger partial charge in [-0.15, -0.1) is 0 Å². The molecule has 0 aromatic carbocycles. The maximum absolute atomic E-state index is 5.65. The summed E-state index contributed by atoms with van der Waals surface area (Å²) in [5.74, 6) is 1.56. The van der Waals surface area contributed by atoms with Crippen molar-refractivity contribution in [2.75, 3.05) is 11.9 Å². The minimum absolute atomic E-state index is 0.510. The molecule has 4 nitrogen and oxygen atoms in total. The van der Waals surface area contributed by atoms with E-state index in [1.165, 1.54) is 25.7 Å². The lowest BCUT2D eigenvalue weighted by atomic mass is 9.85. The molecule has 1 fully saturated rings. The summed E-state index contributed by atoms with van der Waals surface area (Å²) in [7, 11) is 2.11. The summed E-state index contributed by atoms with van der Waals surface area (Å²) in [5.41, 5.74) is 7.68. The predicted octanol–water partition coefficient (Wildman–Crippen LogP) is 2.26. The molecule has 1 aromatic heterocycles. The van der Waals surface area contributed by atoms with Crippen molar-refractivity contribution in [2.45, 2.75) is 52.1 Å². The summed E-state index contributed by atoms with van der Waals surface area (Å²) < 4.78 is 0. The van der Waals surface area contributed by atoms with Gasteiger partial charge in [-0.2, -0.15) is 0 Å². The van der Waals surface area contributed by atoms with Gasteiger partial charge in [-0.25, -0.2) is 9.97 Å². The van der Waals surface area contributed by atoms with Gasteiger partial charge in [0.05, 0.1) is 0 Å². The Balaban J connectivity index is 2.17. The molecule has 0 amide bonds. The van der Waals surface area contributed by atoms with Crippen molar-refractivity contribution in [3.63, 3.8) is 0 Å². The zero-order chi connectivity index (χ0) is 13.1. The minimum Gasteiger partial charge on any atom is -0.341 e. The maximum atomic E-state index is 5.65. The van der Waals surface area contributed by atoms with Gasteiger partial charge in [-0.05, 0) is 25.7 Å². The van der Waals surface area contributed by atoms with Crippen molar-refractivity contribution >= 4 is 5.95 Å². The molecule has 0 radical (unpaired) electrons. The second-order valence-corrected chi connectivity index (χ2v) is 5.42. The van der Waals surface area contributed by atoms with E-state index in [4.69, 9.17) is 5.73 Å². The van der Waals surface area contributed by atoms with Crippen molar-refractivity contribution in [3.8, 4) is 0 Å². The Labute approximate surface area is 110 Å². The summed E-state index contributed by atoms with van der Waals surface area (Å²) >= 11 is 0. The van der Waals surface area contributed by atoms with E-state index in [-0.39, 0.29) is 0 Å². The van der Waals surface area contributed by atoms with Crippen molar-refractivity contribution in [3.05, 3.63) is 17.5 Å². The van der Waals surface area contributed by atoms with Crippen LogP contribution in [0.25, 0.3) is 0 Å². The molecule has 1 aliphatic rings. The lowest BCUT2D eigenvalue weighted by Crippen LogP contribution is -2.40. The van der Waals surface area contributed by atoms with Crippen LogP contribution in [0.4, 0.5) is 5.95 Å². The van der Waals surface area contributed by atoms with Gasteiger partial charge in [0.15, 0.2) is 0 Å². The molecular weight excluding hydrogens is 224 g/mol. The van der Waals surface area contributed by atoms with E-state index in [9.17, 15) is 0 Å². The third-order valence-electron chi connectivity index (χ3n) is 4.17. The summed E-state index contributed by atoms with van der Waals surface area (Å²) in [6.07, 6.45) is 7.10. The van der Waals surface area contributed by atoms with Crippen LogP contribution in [0.15, 0.2) is 6.20 Å². The first kappa shape index (κ1) is 13.3. The van der Waals surface area contributed by atoms with Gasteiger partial charge in [-0.1, -0.05) is 19.8 Å². The number of aromatic nitrogens is 2. The Morgan fingerprint density at radius 1 is 1.39 bits per heavy atom. The third kappa shape index (κ3) is 2.64. The third-order valence-corrected chi connectivity index (χ3v) is 4.17. The largest absolute Gasteiger partial charge is 0.341 e.